The molecule has 8 heteroatoms. The van der Waals surface area contributed by atoms with E-state index in [1.165, 1.54) is 9.75 Å². The lowest BCUT2D eigenvalue weighted by Crippen LogP contribution is -1.99. The van der Waals surface area contributed by atoms with Crippen molar-refractivity contribution < 1.29 is 0 Å². The molecule has 6 aromatic rings. The van der Waals surface area contributed by atoms with Gasteiger partial charge in [-0.15, -0.1) is 11.3 Å². The number of nitrogens with zero attached hydrogens (tertiary/aromatic N) is 4. The van der Waals surface area contributed by atoms with Gasteiger partial charge in [0.05, 0.1) is 40.5 Å². The SMILES string of the molecule is C=C(CCCC)Nc1cncc(-c2ccc3[nH]nc(-c4cc5c(-c6ccc(C)s6)cncc5[nH]4)c3n2)c1. The van der Waals surface area contributed by atoms with E-state index < -0.39 is 0 Å². The zero-order valence-electron chi connectivity index (χ0n) is 20.8. The lowest BCUT2D eigenvalue weighted by molar-refractivity contribution is 0.791. The summed E-state index contributed by atoms with van der Waals surface area (Å²) in [5.41, 5.74) is 9.09. The molecular weight excluding hydrogens is 478 g/mol. The molecule has 0 bridgehead atoms. The summed E-state index contributed by atoms with van der Waals surface area (Å²) in [5.74, 6) is 0. The highest BCUT2D eigenvalue weighted by atomic mass is 32.1. The summed E-state index contributed by atoms with van der Waals surface area (Å²) >= 11 is 1.77. The van der Waals surface area contributed by atoms with Crippen molar-refractivity contribution in [1.29, 1.82) is 0 Å². The van der Waals surface area contributed by atoms with Crippen LogP contribution in [0.4, 0.5) is 5.69 Å². The van der Waals surface area contributed by atoms with Crippen molar-refractivity contribution in [2.45, 2.75) is 33.1 Å². The first-order valence-corrected chi connectivity index (χ1v) is 13.2. The van der Waals surface area contributed by atoms with Crippen LogP contribution in [0.25, 0.3) is 55.0 Å². The van der Waals surface area contributed by atoms with Crippen molar-refractivity contribution in [2.24, 2.45) is 0 Å². The number of fused-ring (bicyclic) bond motifs is 2. The maximum Gasteiger partial charge on any atom is 0.135 e. The van der Waals surface area contributed by atoms with Crippen molar-refractivity contribution in [2.75, 3.05) is 5.32 Å². The molecule has 0 aromatic carbocycles. The standard InChI is InChI=1S/C29H27N7S/c1-4-5-6-17(2)32-20-11-19(13-30-14-20)23-8-9-24-28(34-23)29(36-35-24)25-12-21-22(15-31-16-26(21)33-25)27-10-7-18(3)37-27/h7-16,32-33H,2,4-6H2,1,3H3,(H,35,36). The number of hydrogen-bond acceptors (Lipinski definition) is 6. The molecule has 0 saturated heterocycles. The van der Waals surface area contributed by atoms with Crippen LogP contribution in [-0.4, -0.2) is 30.1 Å². The minimum Gasteiger partial charge on any atom is -0.358 e. The van der Waals surface area contributed by atoms with E-state index in [2.05, 4.69) is 75.2 Å². The van der Waals surface area contributed by atoms with E-state index in [4.69, 9.17) is 4.98 Å². The van der Waals surface area contributed by atoms with Gasteiger partial charge >= 0.3 is 0 Å². The van der Waals surface area contributed by atoms with Gasteiger partial charge in [0.15, 0.2) is 0 Å². The summed E-state index contributed by atoms with van der Waals surface area (Å²) in [6.45, 7) is 8.44. The van der Waals surface area contributed by atoms with E-state index in [0.29, 0.717) is 0 Å². The van der Waals surface area contributed by atoms with Gasteiger partial charge in [-0.05, 0) is 56.2 Å². The van der Waals surface area contributed by atoms with Crippen LogP contribution in [-0.2, 0) is 0 Å². The molecule has 0 saturated carbocycles. The summed E-state index contributed by atoms with van der Waals surface area (Å²) in [5, 5.41) is 12.2. The number of H-pyrrole nitrogens is 2. The number of thiophene rings is 1. The van der Waals surface area contributed by atoms with Crippen LogP contribution in [0.5, 0.6) is 0 Å². The Hall–Kier alpha value is -4.30. The molecule has 3 N–H and O–H groups in total. The Bertz CT molecular complexity index is 1740. The molecule has 184 valence electrons. The second-order valence-corrected chi connectivity index (χ2v) is 10.5. The first kappa shape index (κ1) is 23.1. The largest absolute Gasteiger partial charge is 0.358 e. The number of unbranched alkanes of at least 4 members (excludes halogenated alkanes) is 1. The van der Waals surface area contributed by atoms with Gasteiger partial charge in [-0.3, -0.25) is 15.1 Å². The van der Waals surface area contributed by atoms with E-state index in [-0.39, 0.29) is 0 Å². The zero-order valence-corrected chi connectivity index (χ0v) is 21.6. The van der Waals surface area contributed by atoms with Gasteiger partial charge in [0.1, 0.15) is 11.2 Å². The Morgan fingerprint density at radius 1 is 1.03 bits per heavy atom. The van der Waals surface area contributed by atoms with Crippen molar-refractivity contribution >= 4 is 39.0 Å². The molecular formula is C29H27N7S. The monoisotopic (exact) mass is 505 g/mol. The second kappa shape index (κ2) is 9.63. The Kier molecular flexibility index (Phi) is 6.02. The molecule has 0 amide bonds. The first-order chi connectivity index (χ1) is 18.1. The van der Waals surface area contributed by atoms with Crippen molar-refractivity contribution in [1.82, 2.24) is 30.1 Å². The van der Waals surface area contributed by atoms with Gasteiger partial charge in [0.25, 0.3) is 0 Å². The molecule has 6 rings (SSSR count). The molecule has 0 radical (unpaired) electrons. The van der Waals surface area contributed by atoms with E-state index in [1.54, 1.807) is 11.3 Å². The smallest absolute Gasteiger partial charge is 0.135 e. The summed E-state index contributed by atoms with van der Waals surface area (Å²) in [6, 6.07) is 12.5. The number of anilines is 1. The molecule has 0 fully saturated rings. The third-order valence-electron chi connectivity index (χ3n) is 6.40. The summed E-state index contributed by atoms with van der Waals surface area (Å²) in [7, 11) is 0. The zero-order chi connectivity index (χ0) is 25.4. The van der Waals surface area contributed by atoms with Gasteiger partial charge in [-0.2, -0.15) is 5.10 Å². The first-order valence-electron chi connectivity index (χ1n) is 12.4. The number of pyridine rings is 3. The van der Waals surface area contributed by atoms with Gasteiger partial charge in [0, 0.05) is 44.4 Å². The van der Waals surface area contributed by atoms with Crippen molar-refractivity contribution in [3.63, 3.8) is 0 Å². The highest BCUT2D eigenvalue weighted by Gasteiger charge is 2.16. The van der Waals surface area contributed by atoms with Gasteiger partial charge in [-0.25, -0.2) is 4.98 Å². The molecule has 6 heterocycles. The number of aromatic nitrogens is 6. The minimum absolute atomic E-state index is 0.775. The average Bonchev–Trinajstić information content (AvgIpc) is 3.64. The van der Waals surface area contributed by atoms with Crippen molar-refractivity contribution in [3.8, 4) is 33.1 Å². The minimum atomic E-state index is 0.775. The topological polar surface area (TPSA) is 95.2 Å². The van der Waals surface area contributed by atoms with E-state index >= 15 is 0 Å². The number of nitrogens with one attached hydrogen (secondary N) is 3. The average molecular weight is 506 g/mol. The molecule has 6 aromatic heterocycles. The third kappa shape index (κ3) is 4.51. The number of rotatable bonds is 8. The highest BCUT2D eigenvalue weighted by molar-refractivity contribution is 7.15. The van der Waals surface area contributed by atoms with Gasteiger partial charge < -0.3 is 10.3 Å². The van der Waals surface area contributed by atoms with E-state index in [9.17, 15) is 0 Å². The van der Waals surface area contributed by atoms with Crippen LogP contribution in [0.2, 0.25) is 0 Å². The lowest BCUT2D eigenvalue weighted by atomic mass is 10.1. The predicted octanol–water partition coefficient (Wildman–Crippen LogP) is 7.72. The maximum absolute atomic E-state index is 4.99. The highest BCUT2D eigenvalue weighted by Crippen LogP contribution is 2.36. The molecule has 0 aliphatic carbocycles. The fourth-order valence-corrected chi connectivity index (χ4v) is 5.40. The molecule has 7 nitrogen and oxygen atoms in total. The van der Waals surface area contributed by atoms with Crippen LogP contribution in [0.1, 0.15) is 31.1 Å². The number of hydrogen-bond donors (Lipinski definition) is 3. The van der Waals surface area contributed by atoms with Gasteiger partial charge in [-0.1, -0.05) is 19.9 Å². The fourth-order valence-electron chi connectivity index (χ4n) is 4.51. The molecule has 0 aliphatic rings. The third-order valence-corrected chi connectivity index (χ3v) is 7.44. The molecule has 0 spiro atoms. The summed E-state index contributed by atoms with van der Waals surface area (Å²) < 4.78 is 0. The number of aryl methyl sites for hydroxylation is 1. The summed E-state index contributed by atoms with van der Waals surface area (Å²) in [4.78, 5) is 19.9. The van der Waals surface area contributed by atoms with E-state index in [0.717, 1.165) is 80.8 Å². The quantitative estimate of drug-likeness (QED) is 0.197. The normalized spacial score (nSPS) is 11.4. The Morgan fingerprint density at radius 3 is 2.76 bits per heavy atom. The second-order valence-electron chi connectivity index (χ2n) is 9.20. The van der Waals surface area contributed by atoms with E-state index in [1.807, 2.05) is 36.9 Å². The van der Waals surface area contributed by atoms with Crippen LogP contribution >= 0.6 is 11.3 Å². The molecule has 0 aliphatic heterocycles. The number of aromatic amines is 2. The molecule has 37 heavy (non-hydrogen) atoms. The van der Waals surface area contributed by atoms with Crippen LogP contribution < -0.4 is 5.32 Å². The lowest BCUT2D eigenvalue weighted by Gasteiger charge is -2.10. The maximum atomic E-state index is 4.99. The Labute approximate surface area is 218 Å². The van der Waals surface area contributed by atoms with Crippen LogP contribution in [0.3, 0.4) is 0 Å². The van der Waals surface area contributed by atoms with Gasteiger partial charge in [0.2, 0.25) is 0 Å². The fraction of sp³-hybridized carbons (Fsp3) is 0.172. The number of allylic oxidation sites excluding steroid dienone is 1. The van der Waals surface area contributed by atoms with Crippen LogP contribution in [0, 0.1) is 6.92 Å². The van der Waals surface area contributed by atoms with Crippen molar-refractivity contribution in [3.05, 3.63) is 78.3 Å². The summed E-state index contributed by atoms with van der Waals surface area (Å²) in [6.07, 6.45) is 10.6. The Balaban J connectivity index is 1.37. The molecule has 0 unspecified atom stereocenters. The predicted molar refractivity (Wildman–Crippen MR) is 153 cm³/mol. The molecule has 0 atom stereocenters. The van der Waals surface area contributed by atoms with Crippen LogP contribution in [0.15, 0.2) is 73.5 Å². The Morgan fingerprint density at radius 2 is 1.92 bits per heavy atom.